The fraction of sp³-hybridized carbons (Fsp3) is 0.714. The molecule has 1 rings (SSSR count). The van der Waals surface area contributed by atoms with E-state index in [0.29, 0.717) is 6.54 Å². The van der Waals surface area contributed by atoms with Crippen molar-refractivity contribution in [3.05, 3.63) is 18.1 Å². The van der Waals surface area contributed by atoms with Crippen LogP contribution in [-0.4, -0.2) is 46.2 Å². The molecule has 1 aromatic rings. The molecule has 0 saturated carbocycles. The molecule has 0 aliphatic heterocycles. The normalized spacial score (nSPS) is 10.9. The minimum absolute atomic E-state index is 0.188. The molecule has 19 heavy (non-hydrogen) atoms. The van der Waals surface area contributed by atoms with Crippen molar-refractivity contribution >= 4 is 5.82 Å². The monoisotopic (exact) mass is 266 g/mol. The molecule has 0 bridgehead atoms. The van der Waals surface area contributed by atoms with E-state index >= 15 is 0 Å². The summed E-state index contributed by atoms with van der Waals surface area (Å²) < 4.78 is 0. The summed E-state index contributed by atoms with van der Waals surface area (Å²) in [6, 6.07) is 0. The fourth-order valence-electron chi connectivity index (χ4n) is 1.80. The standard InChI is InChI=1S/C14H26N4O/c1-3-5-7-18(8-9-19)12-13-10-17-14(11-16-13)15-6-4-2/h10-11,19H,3-9,12H2,1-2H3,(H,15,17). The van der Waals surface area contributed by atoms with Gasteiger partial charge in [-0.3, -0.25) is 9.88 Å². The van der Waals surface area contributed by atoms with Crippen LogP contribution < -0.4 is 5.32 Å². The number of rotatable bonds is 10. The number of nitrogens with one attached hydrogen (secondary N) is 1. The van der Waals surface area contributed by atoms with Crippen LogP contribution in [0, 0.1) is 0 Å². The number of aliphatic hydroxyl groups excluding tert-OH is 1. The van der Waals surface area contributed by atoms with Crippen LogP contribution >= 0.6 is 0 Å². The molecule has 0 fully saturated rings. The van der Waals surface area contributed by atoms with E-state index in [1.807, 2.05) is 6.20 Å². The van der Waals surface area contributed by atoms with Crippen molar-refractivity contribution in [1.29, 1.82) is 0 Å². The highest BCUT2D eigenvalue weighted by Gasteiger charge is 2.06. The topological polar surface area (TPSA) is 61.3 Å². The molecule has 2 N–H and O–H groups in total. The predicted molar refractivity (Wildman–Crippen MR) is 78.1 cm³/mol. The summed E-state index contributed by atoms with van der Waals surface area (Å²) in [5.41, 5.74) is 0.951. The molecule has 0 amide bonds. The molecule has 0 aliphatic rings. The predicted octanol–water partition coefficient (Wildman–Crippen LogP) is 1.89. The van der Waals surface area contributed by atoms with Gasteiger partial charge in [0, 0.05) is 19.6 Å². The van der Waals surface area contributed by atoms with Gasteiger partial charge in [-0.1, -0.05) is 20.3 Å². The third-order valence-corrected chi connectivity index (χ3v) is 2.89. The Kier molecular flexibility index (Phi) is 8.09. The summed E-state index contributed by atoms with van der Waals surface area (Å²) in [6.45, 7) is 7.84. The largest absolute Gasteiger partial charge is 0.395 e. The number of nitrogens with zero attached hydrogens (tertiary/aromatic N) is 3. The lowest BCUT2D eigenvalue weighted by atomic mass is 10.3. The van der Waals surface area contributed by atoms with Crippen LogP contribution in [-0.2, 0) is 6.54 Å². The van der Waals surface area contributed by atoms with Crippen molar-refractivity contribution < 1.29 is 5.11 Å². The van der Waals surface area contributed by atoms with Crippen LogP contribution in [0.25, 0.3) is 0 Å². The second-order valence-electron chi connectivity index (χ2n) is 4.67. The van der Waals surface area contributed by atoms with Crippen molar-refractivity contribution in [2.75, 3.05) is 31.6 Å². The Bertz CT molecular complexity index is 329. The molecule has 0 atom stereocenters. The SMILES string of the molecule is CCCCN(CCO)Cc1cnc(NCCC)cn1. The van der Waals surface area contributed by atoms with Gasteiger partial charge in [0.1, 0.15) is 5.82 Å². The van der Waals surface area contributed by atoms with Gasteiger partial charge in [0.25, 0.3) is 0 Å². The van der Waals surface area contributed by atoms with Crippen LogP contribution in [0.15, 0.2) is 12.4 Å². The van der Waals surface area contributed by atoms with E-state index in [2.05, 4.69) is 34.0 Å². The third kappa shape index (κ3) is 6.50. The van der Waals surface area contributed by atoms with Gasteiger partial charge in [0.15, 0.2) is 0 Å². The van der Waals surface area contributed by atoms with Crippen molar-refractivity contribution in [3.8, 4) is 0 Å². The Labute approximate surface area is 116 Å². The quantitative estimate of drug-likeness (QED) is 0.677. The maximum absolute atomic E-state index is 9.07. The first-order valence-corrected chi connectivity index (χ1v) is 7.18. The maximum Gasteiger partial charge on any atom is 0.144 e. The molecule has 5 nitrogen and oxygen atoms in total. The van der Waals surface area contributed by atoms with Crippen LogP contribution in [0.3, 0.4) is 0 Å². The highest BCUT2D eigenvalue weighted by Crippen LogP contribution is 2.05. The molecule has 0 aromatic carbocycles. The Morgan fingerprint density at radius 2 is 2.00 bits per heavy atom. The lowest BCUT2D eigenvalue weighted by Gasteiger charge is -2.20. The van der Waals surface area contributed by atoms with E-state index in [0.717, 1.165) is 50.4 Å². The molecule has 0 unspecified atom stereocenters. The molecular weight excluding hydrogens is 240 g/mol. The first-order chi connectivity index (χ1) is 9.30. The summed E-state index contributed by atoms with van der Waals surface area (Å²) in [5.74, 6) is 0.827. The van der Waals surface area contributed by atoms with E-state index < -0.39 is 0 Å². The number of hydrogen-bond acceptors (Lipinski definition) is 5. The molecule has 1 aromatic heterocycles. The van der Waals surface area contributed by atoms with E-state index in [9.17, 15) is 0 Å². The number of unbranched alkanes of at least 4 members (excludes halogenated alkanes) is 1. The average Bonchev–Trinajstić information content (AvgIpc) is 2.44. The second kappa shape index (κ2) is 9.69. The third-order valence-electron chi connectivity index (χ3n) is 2.89. The van der Waals surface area contributed by atoms with Gasteiger partial charge in [-0.05, 0) is 19.4 Å². The Hall–Kier alpha value is -1.20. The van der Waals surface area contributed by atoms with E-state index in [1.165, 1.54) is 0 Å². The van der Waals surface area contributed by atoms with E-state index in [-0.39, 0.29) is 6.61 Å². The second-order valence-corrected chi connectivity index (χ2v) is 4.67. The van der Waals surface area contributed by atoms with Crippen LogP contribution in [0.5, 0.6) is 0 Å². The summed E-state index contributed by atoms with van der Waals surface area (Å²) in [4.78, 5) is 11.0. The Balaban J connectivity index is 2.48. The lowest BCUT2D eigenvalue weighted by molar-refractivity contribution is 0.187. The zero-order valence-corrected chi connectivity index (χ0v) is 12.1. The Morgan fingerprint density at radius 3 is 2.58 bits per heavy atom. The first kappa shape index (κ1) is 15.9. The molecule has 1 heterocycles. The number of aliphatic hydroxyl groups is 1. The first-order valence-electron chi connectivity index (χ1n) is 7.18. The van der Waals surface area contributed by atoms with Gasteiger partial charge in [-0.25, -0.2) is 4.98 Å². The van der Waals surface area contributed by atoms with Crippen molar-refractivity contribution in [3.63, 3.8) is 0 Å². The molecule has 108 valence electrons. The lowest BCUT2D eigenvalue weighted by Crippen LogP contribution is -2.28. The summed E-state index contributed by atoms with van der Waals surface area (Å²) >= 11 is 0. The van der Waals surface area contributed by atoms with Crippen molar-refractivity contribution in [2.24, 2.45) is 0 Å². The van der Waals surface area contributed by atoms with Crippen LogP contribution in [0.2, 0.25) is 0 Å². The van der Waals surface area contributed by atoms with Gasteiger partial charge in [-0.15, -0.1) is 0 Å². The fourth-order valence-corrected chi connectivity index (χ4v) is 1.80. The van der Waals surface area contributed by atoms with Crippen LogP contribution in [0.1, 0.15) is 38.8 Å². The summed E-state index contributed by atoms with van der Waals surface area (Å²) in [7, 11) is 0. The number of anilines is 1. The van der Waals surface area contributed by atoms with E-state index in [1.54, 1.807) is 6.20 Å². The Morgan fingerprint density at radius 1 is 1.16 bits per heavy atom. The van der Waals surface area contributed by atoms with Crippen molar-refractivity contribution in [2.45, 2.75) is 39.7 Å². The molecular formula is C14H26N4O. The van der Waals surface area contributed by atoms with E-state index in [4.69, 9.17) is 5.11 Å². The smallest absolute Gasteiger partial charge is 0.144 e. The summed E-state index contributed by atoms with van der Waals surface area (Å²) in [6.07, 6.45) is 6.97. The van der Waals surface area contributed by atoms with Crippen molar-refractivity contribution in [1.82, 2.24) is 14.9 Å². The molecule has 0 aliphatic carbocycles. The zero-order valence-electron chi connectivity index (χ0n) is 12.1. The highest BCUT2D eigenvalue weighted by atomic mass is 16.3. The molecule has 0 spiro atoms. The zero-order chi connectivity index (χ0) is 13.9. The minimum atomic E-state index is 0.188. The van der Waals surface area contributed by atoms with Crippen LogP contribution in [0.4, 0.5) is 5.82 Å². The van der Waals surface area contributed by atoms with Gasteiger partial charge >= 0.3 is 0 Å². The average molecular weight is 266 g/mol. The van der Waals surface area contributed by atoms with Gasteiger partial charge < -0.3 is 10.4 Å². The molecule has 0 radical (unpaired) electrons. The summed E-state index contributed by atoms with van der Waals surface area (Å²) in [5, 5.41) is 12.3. The minimum Gasteiger partial charge on any atom is -0.395 e. The molecule has 5 heteroatoms. The highest BCUT2D eigenvalue weighted by molar-refractivity contribution is 5.30. The maximum atomic E-state index is 9.07. The molecule has 0 saturated heterocycles. The van der Waals surface area contributed by atoms with Gasteiger partial charge in [0.05, 0.1) is 24.7 Å². The van der Waals surface area contributed by atoms with Gasteiger partial charge in [-0.2, -0.15) is 0 Å². The number of aromatic nitrogens is 2. The number of hydrogen-bond donors (Lipinski definition) is 2. The van der Waals surface area contributed by atoms with Gasteiger partial charge in [0.2, 0.25) is 0 Å².